The largest absolute Gasteiger partial charge is 0.466 e. The lowest BCUT2D eigenvalue weighted by molar-refractivity contribution is -0.138. The van der Waals surface area contributed by atoms with Gasteiger partial charge in [-0.1, -0.05) is 18.2 Å². The number of alkyl halides is 3. The van der Waals surface area contributed by atoms with E-state index >= 15 is 0 Å². The van der Waals surface area contributed by atoms with Crippen molar-refractivity contribution in [3.05, 3.63) is 47.0 Å². The lowest BCUT2D eigenvalue weighted by Crippen LogP contribution is -2.08. The Labute approximate surface area is 103 Å². The lowest BCUT2D eigenvalue weighted by atomic mass is 10.0. The molecule has 0 amide bonds. The SMILES string of the molecule is C/C=C(\Cc1ccc(C(F)(F)F)cc1)C(=O)OC. The average Bonchev–Trinajstić information content (AvgIpc) is 2.34. The second kappa shape index (κ2) is 5.71. The van der Waals surface area contributed by atoms with Gasteiger partial charge in [-0.25, -0.2) is 4.79 Å². The van der Waals surface area contributed by atoms with Gasteiger partial charge >= 0.3 is 12.1 Å². The Balaban J connectivity index is 2.84. The molecule has 1 rings (SSSR count). The summed E-state index contributed by atoms with van der Waals surface area (Å²) in [7, 11) is 1.26. The molecule has 18 heavy (non-hydrogen) atoms. The minimum atomic E-state index is -4.34. The number of halogens is 3. The van der Waals surface area contributed by atoms with Gasteiger partial charge in [0.15, 0.2) is 0 Å². The van der Waals surface area contributed by atoms with Gasteiger partial charge in [-0.3, -0.25) is 0 Å². The predicted molar refractivity (Wildman–Crippen MR) is 60.9 cm³/mol. The monoisotopic (exact) mass is 258 g/mol. The fourth-order valence-electron chi connectivity index (χ4n) is 1.45. The molecule has 0 bridgehead atoms. The van der Waals surface area contributed by atoms with E-state index in [1.165, 1.54) is 19.2 Å². The fourth-order valence-corrected chi connectivity index (χ4v) is 1.45. The fraction of sp³-hybridized carbons (Fsp3) is 0.308. The first-order chi connectivity index (χ1) is 8.38. The van der Waals surface area contributed by atoms with E-state index in [0.29, 0.717) is 11.1 Å². The first kappa shape index (κ1) is 14.3. The van der Waals surface area contributed by atoms with Crippen LogP contribution < -0.4 is 0 Å². The Morgan fingerprint density at radius 3 is 2.22 bits per heavy atom. The molecule has 0 radical (unpaired) electrons. The van der Waals surface area contributed by atoms with E-state index in [1.807, 2.05) is 0 Å². The maximum Gasteiger partial charge on any atom is 0.416 e. The zero-order valence-corrected chi connectivity index (χ0v) is 10.0. The summed E-state index contributed by atoms with van der Waals surface area (Å²) in [5.74, 6) is -0.475. The van der Waals surface area contributed by atoms with Crippen molar-refractivity contribution >= 4 is 5.97 Å². The van der Waals surface area contributed by atoms with Crippen molar-refractivity contribution in [3.63, 3.8) is 0 Å². The standard InChI is InChI=1S/C13H13F3O2/c1-3-10(12(17)18-2)8-9-4-6-11(7-5-9)13(14,15)16/h3-7H,8H2,1-2H3/b10-3+. The molecule has 2 nitrogen and oxygen atoms in total. The summed E-state index contributed by atoms with van der Waals surface area (Å²) in [5, 5.41) is 0. The second-order valence-electron chi connectivity index (χ2n) is 3.68. The summed E-state index contributed by atoms with van der Waals surface area (Å²) < 4.78 is 41.6. The number of allylic oxidation sites excluding steroid dienone is 1. The van der Waals surface area contributed by atoms with E-state index < -0.39 is 17.7 Å². The van der Waals surface area contributed by atoms with Crippen LogP contribution >= 0.6 is 0 Å². The molecule has 0 fully saturated rings. The molecule has 98 valence electrons. The topological polar surface area (TPSA) is 26.3 Å². The van der Waals surface area contributed by atoms with E-state index in [0.717, 1.165) is 12.1 Å². The molecule has 0 aliphatic heterocycles. The minimum Gasteiger partial charge on any atom is -0.466 e. The van der Waals surface area contributed by atoms with Crippen molar-refractivity contribution in [1.82, 2.24) is 0 Å². The number of ether oxygens (including phenoxy) is 1. The molecule has 0 atom stereocenters. The smallest absolute Gasteiger partial charge is 0.416 e. The lowest BCUT2D eigenvalue weighted by Gasteiger charge is -2.08. The highest BCUT2D eigenvalue weighted by Gasteiger charge is 2.29. The predicted octanol–water partition coefficient (Wildman–Crippen LogP) is 3.37. The zero-order chi connectivity index (χ0) is 13.8. The summed E-state index contributed by atoms with van der Waals surface area (Å²) in [6.45, 7) is 1.68. The number of rotatable bonds is 3. The molecule has 0 saturated carbocycles. The zero-order valence-electron chi connectivity index (χ0n) is 10.0. The van der Waals surface area contributed by atoms with Crippen LogP contribution in [0.2, 0.25) is 0 Å². The molecule has 0 saturated heterocycles. The summed E-state index contributed by atoms with van der Waals surface area (Å²) in [4.78, 5) is 11.3. The summed E-state index contributed by atoms with van der Waals surface area (Å²) in [5.41, 5.74) is 0.338. The maximum atomic E-state index is 12.3. The number of benzene rings is 1. The quantitative estimate of drug-likeness (QED) is 0.613. The maximum absolute atomic E-state index is 12.3. The van der Waals surface area contributed by atoms with Crippen LogP contribution in [-0.4, -0.2) is 13.1 Å². The Morgan fingerprint density at radius 2 is 1.83 bits per heavy atom. The van der Waals surface area contributed by atoms with Crippen molar-refractivity contribution in [2.24, 2.45) is 0 Å². The molecule has 1 aromatic carbocycles. The van der Waals surface area contributed by atoms with Crippen molar-refractivity contribution < 1.29 is 22.7 Å². The van der Waals surface area contributed by atoms with Gasteiger partial charge in [-0.2, -0.15) is 13.2 Å². The first-order valence-electron chi connectivity index (χ1n) is 5.28. The number of carbonyl (C=O) groups excluding carboxylic acids is 1. The van der Waals surface area contributed by atoms with E-state index in [9.17, 15) is 18.0 Å². The molecule has 0 aromatic heterocycles. The molecular weight excluding hydrogens is 245 g/mol. The average molecular weight is 258 g/mol. The Kier molecular flexibility index (Phi) is 4.53. The Bertz CT molecular complexity index is 444. The molecule has 5 heteroatoms. The van der Waals surface area contributed by atoms with Gasteiger partial charge in [-0.05, 0) is 24.6 Å². The first-order valence-corrected chi connectivity index (χ1v) is 5.28. The molecule has 1 aromatic rings. The van der Waals surface area contributed by atoms with E-state index in [1.54, 1.807) is 13.0 Å². The summed E-state index contributed by atoms with van der Waals surface area (Å²) in [6.07, 6.45) is -2.50. The van der Waals surface area contributed by atoms with Crippen LogP contribution in [0.1, 0.15) is 18.1 Å². The van der Waals surface area contributed by atoms with Crippen LogP contribution in [0.4, 0.5) is 13.2 Å². The second-order valence-corrected chi connectivity index (χ2v) is 3.68. The van der Waals surface area contributed by atoms with Crippen molar-refractivity contribution in [2.45, 2.75) is 19.5 Å². The van der Waals surface area contributed by atoms with Crippen LogP contribution in [0, 0.1) is 0 Å². The van der Waals surface area contributed by atoms with Gasteiger partial charge < -0.3 is 4.74 Å². The highest BCUT2D eigenvalue weighted by molar-refractivity contribution is 5.88. The third-order valence-electron chi connectivity index (χ3n) is 2.47. The number of carbonyl (C=O) groups is 1. The number of methoxy groups -OCH3 is 1. The van der Waals surface area contributed by atoms with E-state index in [2.05, 4.69) is 4.74 Å². The Morgan fingerprint density at radius 1 is 1.28 bits per heavy atom. The third kappa shape index (κ3) is 3.61. The molecule has 0 spiro atoms. The molecule has 0 heterocycles. The van der Waals surface area contributed by atoms with Gasteiger partial charge in [0.25, 0.3) is 0 Å². The van der Waals surface area contributed by atoms with Crippen LogP contribution in [0.25, 0.3) is 0 Å². The Hall–Kier alpha value is -1.78. The van der Waals surface area contributed by atoms with Crippen molar-refractivity contribution in [2.75, 3.05) is 7.11 Å². The summed E-state index contributed by atoms with van der Waals surface area (Å²) in [6, 6.07) is 4.71. The number of hydrogen-bond acceptors (Lipinski definition) is 2. The highest BCUT2D eigenvalue weighted by Crippen LogP contribution is 2.29. The number of hydrogen-bond donors (Lipinski definition) is 0. The van der Waals surface area contributed by atoms with E-state index in [-0.39, 0.29) is 6.42 Å². The molecular formula is C13H13F3O2. The van der Waals surface area contributed by atoms with Crippen molar-refractivity contribution in [1.29, 1.82) is 0 Å². The van der Waals surface area contributed by atoms with Crippen LogP contribution in [0.5, 0.6) is 0 Å². The molecule has 0 aliphatic rings. The molecule has 0 unspecified atom stereocenters. The summed E-state index contributed by atoms with van der Waals surface area (Å²) >= 11 is 0. The minimum absolute atomic E-state index is 0.251. The normalized spacial score (nSPS) is 12.4. The van der Waals surface area contributed by atoms with Crippen LogP contribution in [0.3, 0.4) is 0 Å². The van der Waals surface area contributed by atoms with Crippen LogP contribution in [-0.2, 0) is 22.1 Å². The van der Waals surface area contributed by atoms with Gasteiger partial charge in [-0.15, -0.1) is 0 Å². The van der Waals surface area contributed by atoms with Crippen LogP contribution in [0.15, 0.2) is 35.9 Å². The van der Waals surface area contributed by atoms with Gasteiger partial charge in [0.2, 0.25) is 0 Å². The molecule has 0 aliphatic carbocycles. The van der Waals surface area contributed by atoms with Gasteiger partial charge in [0, 0.05) is 12.0 Å². The van der Waals surface area contributed by atoms with E-state index in [4.69, 9.17) is 0 Å². The van der Waals surface area contributed by atoms with Gasteiger partial charge in [0.05, 0.1) is 12.7 Å². The highest BCUT2D eigenvalue weighted by atomic mass is 19.4. The van der Waals surface area contributed by atoms with Crippen molar-refractivity contribution in [3.8, 4) is 0 Å². The molecule has 0 N–H and O–H groups in total. The third-order valence-corrected chi connectivity index (χ3v) is 2.47. The number of esters is 1. The van der Waals surface area contributed by atoms with Gasteiger partial charge in [0.1, 0.15) is 0 Å².